The Hall–Kier alpha value is -2.71. The van der Waals surface area contributed by atoms with Crippen LogP contribution >= 0.6 is 22.7 Å². The molecular formula is C18H14N2O4S2. The largest absolute Gasteiger partial charge is 0.447 e. The molecule has 0 saturated carbocycles. The number of thiazole rings is 1. The van der Waals surface area contributed by atoms with E-state index >= 15 is 0 Å². The number of hydrogen-bond donors (Lipinski definition) is 0. The van der Waals surface area contributed by atoms with Crippen molar-refractivity contribution in [1.29, 1.82) is 0 Å². The Morgan fingerprint density at radius 1 is 1.23 bits per heavy atom. The van der Waals surface area contributed by atoms with Crippen LogP contribution in [-0.2, 0) is 16.0 Å². The Morgan fingerprint density at radius 2 is 2.08 bits per heavy atom. The monoisotopic (exact) mass is 386 g/mol. The maximum Gasteiger partial charge on any atom is 0.414 e. The van der Waals surface area contributed by atoms with Gasteiger partial charge in [-0.1, -0.05) is 6.07 Å². The smallest absolute Gasteiger partial charge is 0.414 e. The number of esters is 1. The van der Waals surface area contributed by atoms with Gasteiger partial charge in [-0.3, -0.25) is 9.69 Å². The van der Waals surface area contributed by atoms with Crippen LogP contribution < -0.4 is 9.64 Å². The van der Waals surface area contributed by atoms with E-state index in [-0.39, 0.29) is 18.5 Å². The summed E-state index contributed by atoms with van der Waals surface area (Å²) in [6, 6.07) is 10.8. The quantitative estimate of drug-likeness (QED) is 0.490. The van der Waals surface area contributed by atoms with Gasteiger partial charge in [-0.2, -0.15) is 0 Å². The van der Waals surface area contributed by atoms with Gasteiger partial charge >= 0.3 is 12.1 Å². The van der Waals surface area contributed by atoms with Crippen molar-refractivity contribution in [2.24, 2.45) is 0 Å². The average Bonchev–Trinajstić information content (AvgIpc) is 3.37. The van der Waals surface area contributed by atoms with Crippen LogP contribution in [0.3, 0.4) is 0 Å². The van der Waals surface area contributed by atoms with Crippen LogP contribution in [-0.4, -0.2) is 30.2 Å². The van der Waals surface area contributed by atoms with Crippen molar-refractivity contribution in [2.45, 2.75) is 6.42 Å². The van der Waals surface area contributed by atoms with Crippen molar-refractivity contribution in [2.75, 3.05) is 18.1 Å². The normalized spacial score (nSPS) is 13.7. The first-order chi connectivity index (χ1) is 12.7. The van der Waals surface area contributed by atoms with E-state index in [0.717, 1.165) is 9.88 Å². The lowest BCUT2D eigenvalue weighted by Crippen LogP contribution is -2.23. The first-order valence-electron chi connectivity index (χ1n) is 7.92. The standard InChI is InChI=1S/C18H14N2O4S2/c21-16(10-12-11-26-17(19-12)15-2-1-9-25-15)24-14-5-3-13(4-6-14)20-7-8-23-18(20)22/h1-6,9,11H,7-8,10H2. The summed E-state index contributed by atoms with van der Waals surface area (Å²) >= 11 is 3.13. The molecule has 8 heteroatoms. The molecule has 132 valence electrons. The van der Waals surface area contributed by atoms with Crippen molar-refractivity contribution < 1.29 is 19.1 Å². The van der Waals surface area contributed by atoms with Crippen molar-refractivity contribution >= 4 is 40.4 Å². The minimum Gasteiger partial charge on any atom is -0.447 e. The summed E-state index contributed by atoms with van der Waals surface area (Å²) in [6.45, 7) is 0.908. The third-order valence-corrected chi connectivity index (χ3v) is 5.68. The van der Waals surface area contributed by atoms with Gasteiger partial charge in [-0.05, 0) is 35.7 Å². The number of aromatic nitrogens is 1. The lowest BCUT2D eigenvalue weighted by Gasteiger charge is -2.12. The summed E-state index contributed by atoms with van der Waals surface area (Å²) < 4.78 is 10.3. The molecule has 2 aromatic heterocycles. The van der Waals surface area contributed by atoms with Gasteiger partial charge in [0, 0.05) is 11.1 Å². The third kappa shape index (κ3) is 3.61. The van der Waals surface area contributed by atoms with E-state index in [1.165, 1.54) is 16.2 Å². The molecule has 1 saturated heterocycles. The van der Waals surface area contributed by atoms with E-state index < -0.39 is 0 Å². The van der Waals surface area contributed by atoms with Crippen LogP contribution in [0.25, 0.3) is 9.88 Å². The van der Waals surface area contributed by atoms with Gasteiger partial charge in [0.2, 0.25) is 0 Å². The number of rotatable bonds is 5. The number of benzene rings is 1. The van der Waals surface area contributed by atoms with E-state index in [4.69, 9.17) is 9.47 Å². The van der Waals surface area contributed by atoms with E-state index in [9.17, 15) is 9.59 Å². The second-order valence-corrected chi connectivity index (χ2v) is 7.34. The molecule has 0 radical (unpaired) electrons. The Balaban J connectivity index is 1.37. The highest BCUT2D eigenvalue weighted by molar-refractivity contribution is 7.20. The molecule has 1 aliphatic rings. The van der Waals surface area contributed by atoms with Crippen LogP contribution in [0.4, 0.5) is 10.5 Å². The molecule has 1 fully saturated rings. The number of amides is 1. The summed E-state index contributed by atoms with van der Waals surface area (Å²) in [4.78, 5) is 30.8. The van der Waals surface area contributed by atoms with E-state index in [1.807, 2.05) is 22.9 Å². The zero-order chi connectivity index (χ0) is 17.9. The van der Waals surface area contributed by atoms with Gasteiger partial charge in [-0.25, -0.2) is 9.78 Å². The fourth-order valence-corrected chi connectivity index (χ4v) is 4.17. The topological polar surface area (TPSA) is 68.7 Å². The molecule has 6 nitrogen and oxygen atoms in total. The van der Waals surface area contributed by atoms with Crippen LogP contribution in [0.2, 0.25) is 0 Å². The Kier molecular flexibility index (Phi) is 4.68. The highest BCUT2D eigenvalue weighted by atomic mass is 32.1. The number of cyclic esters (lactones) is 1. The van der Waals surface area contributed by atoms with Crippen molar-refractivity contribution in [3.63, 3.8) is 0 Å². The molecule has 0 atom stereocenters. The number of nitrogens with zero attached hydrogens (tertiary/aromatic N) is 2. The Bertz CT molecular complexity index is 919. The highest BCUT2D eigenvalue weighted by Crippen LogP contribution is 2.28. The number of carbonyl (C=O) groups excluding carboxylic acids is 2. The minimum absolute atomic E-state index is 0.113. The van der Waals surface area contributed by atoms with Crippen LogP contribution in [0.15, 0.2) is 47.2 Å². The Labute approximate surface area is 157 Å². The minimum atomic E-state index is -0.374. The molecule has 3 heterocycles. The zero-order valence-corrected chi connectivity index (χ0v) is 15.2. The predicted molar refractivity (Wildman–Crippen MR) is 99.9 cm³/mol. The highest BCUT2D eigenvalue weighted by Gasteiger charge is 2.23. The van der Waals surface area contributed by atoms with Crippen LogP contribution in [0.5, 0.6) is 5.75 Å². The van der Waals surface area contributed by atoms with Gasteiger partial charge in [-0.15, -0.1) is 22.7 Å². The first kappa shape index (κ1) is 16.7. The maximum atomic E-state index is 12.1. The molecule has 0 aliphatic carbocycles. The molecule has 0 bridgehead atoms. The van der Waals surface area contributed by atoms with Gasteiger partial charge in [0.1, 0.15) is 17.4 Å². The van der Waals surface area contributed by atoms with E-state index in [1.54, 1.807) is 35.6 Å². The molecule has 3 aromatic rings. The van der Waals surface area contributed by atoms with Crippen molar-refractivity contribution in [3.05, 3.63) is 52.9 Å². The second-order valence-electron chi connectivity index (χ2n) is 5.53. The predicted octanol–water partition coefficient (Wildman–Crippen LogP) is 3.98. The van der Waals surface area contributed by atoms with Gasteiger partial charge in [0.05, 0.1) is 23.5 Å². The number of carbonyl (C=O) groups is 2. The van der Waals surface area contributed by atoms with Crippen LogP contribution in [0.1, 0.15) is 5.69 Å². The number of hydrogen-bond acceptors (Lipinski definition) is 7. The van der Waals surface area contributed by atoms with Gasteiger partial charge in [0.25, 0.3) is 0 Å². The molecular weight excluding hydrogens is 372 g/mol. The summed E-state index contributed by atoms with van der Waals surface area (Å²) in [6.07, 6.45) is -0.248. The van der Waals surface area contributed by atoms with Crippen molar-refractivity contribution in [3.8, 4) is 15.6 Å². The molecule has 0 spiro atoms. The fraction of sp³-hybridized carbons (Fsp3) is 0.167. The summed E-state index contributed by atoms with van der Waals surface area (Å²) in [5, 5.41) is 4.78. The number of anilines is 1. The second kappa shape index (κ2) is 7.27. The summed E-state index contributed by atoms with van der Waals surface area (Å²) in [7, 11) is 0. The van der Waals surface area contributed by atoms with E-state index in [2.05, 4.69) is 4.98 Å². The summed E-state index contributed by atoms with van der Waals surface area (Å²) in [5.74, 6) is 0.0568. The van der Waals surface area contributed by atoms with Gasteiger partial charge < -0.3 is 9.47 Å². The molecule has 1 aliphatic heterocycles. The third-order valence-electron chi connectivity index (χ3n) is 3.75. The molecule has 0 unspecified atom stereocenters. The lowest BCUT2D eigenvalue weighted by atomic mass is 10.3. The number of thiophene rings is 1. The molecule has 1 amide bonds. The average molecular weight is 386 g/mol. The summed E-state index contributed by atoms with van der Waals surface area (Å²) in [5.41, 5.74) is 1.41. The first-order valence-corrected chi connectivity index (χ1v) is 9.68. The molecule has 0 N–H and O–H groups in total. The van der Waals surface area contributed by atoms with Gasteiger partial charge in [0.15, 0.2) is 0 Å². The zero-order valence-electron chi connectivity index (χ0n) is 13.6. The SMILES string of the molecule is O=C(Cc1csc(-c2cccs2)n1)Oc1ccc(N2CCOC2=O)cc1. The molecule has 26 heavy (non-hydrogen) atoms. The fourth-order valence-electron chi connectivity index (χ4n) is 2.54. The maximum absolute atomic E-state index is 12.1. The number of ether oxygens (including phenoxy) is 2. The molecule has 1 aromatic carbocycles. The Morgan fingerprint density at radius 3 is 2.77 bits per heavy atom. The molecule has 4 rings (SSSR count). The van der Waals surface area contributed by atoms with E-state index in [0.29, 0.717) is 30.3 Å². The van der Waals surface area contributed by atoms with Crippen LogP contribution in [0, 0.1) is 0 Å². The lowest BCUT2D eigenvalue weighted by molar-refractivity contribution is -0.133. The van der Waals surface area contributed by atoms with Crippen molar-refractivity contribution in [1.82, 2.24) is 4.98 Å².